The normalized spacial score (nSPS) is 15.9. The highest BCUT2D eigenvalue weighted by Gasteiger charge is 2.29. The van der Waals surface area contributed by atoms with Crippen LogP contribution in [0.15, 0.2) is 23.9 Å². The molecule has 7 heteroatoms. The number of hydrogen-bond acceptors (Lipinski definition) is 6. The molecule has 2 aromatic rings. The molecule has 0 fully saturated rings. The van der Waals surface area contributed by atoms with E-state index < -0.39 is 0 Å². The molecule has 130 valence electrons. The highest BCUT2D eigenvalue weighted by molar-refractivity contribution is 7.18. The van der Waals surface area contributed by atoms with E-state index in [4.69, 9.17) is 0 Å². The van der Waals surface area contributed by atoms with E-state index >= 15 is 0 Å². The molecule has 0 atom stereocenters. The molecule has 2 aromatic heterocycles. The van der Waals surface area contributed by atoms with E-state index in [2.05, 4.69) is 15.3 Å². The molecule has 6 nitrogen and oxygen atoms in total. The molecule has 0 radical (unpaired) electrons. The second kappa shape index (κ2) is 6.76. The van der Waals surface area contributed by atoms with E-state index in [-0.39, 0.29) is 17.4 Å². The number of aryl methyl sites for hydroxylation is 1. The van der Waals surface area contributed by atoms with Crippen molar-refractivity contribution in [2.45, 2.75) is 39.5 Å². The molecule has 3 rings (SSSR count). The van der Waals surface area contributed by atoms with Crippen molar-refractivity contribution in [1.82, 2.24) is 9.97 Å². The van der Waals surface area contributed by atoms with E-state index in [9.17, 15) is 14.7 Å². The van der Waals surface area contributed by atoms with E-state index in [0.717, 1.165) is 17.0 Å². The molecule has 2 heterocycles. The average molecular weight is 357 g/mol. The zero-order valence-electron chi connectivity index (χ0n) is 14.3. The van der Waals surface area contributed by atoms with Gasteiger partial charge in [0.15, 0.2) is 5.13 Å². The Bertz CT molecular complexity index is 866. The molecule has 0 unspecified atom stereocenters. The number of fused-ring (bicyclic) bond motifs is 1. The molecule has 1 aliphatic carbocycles. The number of carbonyl (C=O) groups is 2. The minimum Gasteiger partial charge on any atom is -0.507 e. The van der Waals surface area contributed by atoms with Crippen molar-refractivity contribution in [3.05, 3.63) is 45.7 Å². The maximum Gasteiger partial charge on any atom is 0.223 e. The number of hydrogen-bond donors (Lipinski definition) is 2. The summed E-state index contributed by atoms with van der Waals surface area (Å²) in [6.07, 6.45) is 2.55. The van der Waals surface area contributed by atoms with Crippen LogP contribution in [0, 0.1) is 0 Å². The number of aromatic nitrogens is 2. The maximum atomic E-state index is 12.7. The summed E-state index contributed by atoms with van der Waals surface area (Å²) in [7, 11) is 0. The van der Waals surface area contributed by atoms with Gasteiger partial charge in [0.1, 0.15) is 10.6 Å². The van der Waals surface area contributed by atoms with Gasteiger partial charge in [0.2, 0.25) is 11.7 Å². The third kappa shape index (κ3) is 3.46. The topological polar surface area (TPSA) is 92.2 Å². The minimum absolute atomic E-state index is 0.0343. The van der Waals surface area contributed by atoms with Gasteiger partial charge in [-0.05, 0) is 30.9 Å². The first kappa shape index (κ1) is 17.3. The third-order valence-electron chi connectivity index (χ3n) is 4.01. The molecule has 1 aliphatic rings. The fraction of sp³-hybridized carbons (Fsp3) is 0.333. The fourth-order valence-corrected chi connectivity index (χ4v) is 3.71. The summed E-state index contributed by atoms with van der Waals surface area (Å²) < 4.78 is 0. The number of Topliss-reactive ketones (excluding diaryl/α,β-unsaturated/α-hetero) is 1. The average Bonchev–Trinajstić information content (AvgIpc) is 2.97. The lowest BCUT2D eigenvalue weighted by Gasteiger charge is -2.14. The lowest BCUT2D eigenvalue weighted by atomic mass is 9.93. The van der Waals surface area contributed by atoms with Crippen LogP contribution in [-0.2, 0) is 11.2 Å². The van der Waals surface area contributed by atoms with Crippen molar-refractivity contribution in [1.29, 1.82) is 0 Å². The van der Waals surface area contributed by atoms with Crippen molar-refractivity contribution >= 4 is 33.9 Å². The number of pyridine rings is 1. The van der Waals surface area contributed by atoms with Gasteiger partial charge in [-0.1, -0.05) is 25.2 Å². The number of ketones is 1. The number of amides is 1. The van der Waals surface area contributed by atoms with Gasteiger partial charge in [-0.2, -0.15) is 0 Å². The largest absolute Gasteiger partial charge is 0.507 e. The zero-order chi connectivity index (χ0) is 18.1. The number of thiazole rings is 1. The lowest BCUT2D eigenvalue weighted by molar-refractivity contribution is -0.114. The smallest absolute Gasteiger partial charge is 0.223 e. The number of aliphatic hydroxyl groups excluding tert-OH is 1. The van der Waals surface area contributed by atoms with E-state index in [1.54, 1.807) is 12.3 Å². The van der Waals surface area contributed by atoms with Crippen LogP contribution in [0.3, 0.4) is 0 Å². The van der Waals surface area contributed by atoms with E-state index in [0.29, 0.717) is 45.6 Å². The minimum atomic E-state index is -0.235. The summed E-state index contributed by atoms with van der Waals surface area (Å²) in [6, 6.07) is 3.64. The first-order valence-electron chi connectivity index (χ1n) is 8.07. The van der Waals surface area contributed by atoms with Crippen molar-refractivity contribution in [3.8, 4) is 0 Å². The highest BCUT2D eigenvalue weighted by Crippen LogP contribution is 2.34. The lowest BCUT2D eigenvalue weighted by Crippen LogP contribution is -2.14. The molecule has 0 saturated carbocycles. The Morgan fingerprint density at radius 2 is 2.08 bits per heavy atom. The molecular formula is C18H19N3O3S. The molecule has 0 aliphatic heterocycles. The zero-order valence-corrected chi connectivity index (χ0v) is 15.1. The number of aliphatic hydroxyl groups is 1. The summed E-state index contributed by atoms with van der Waals surface area (Å²) >= 11 is 1.14. The van der Waals surface area contributed by atoms with Gasteiger partial charge in [0.05, 0.1) is 5.69 Å². The Labute approximate surface area is 149 Å². The van der Waals surface area contributed by atoms with Crippen molar-refractivity contribution in [2.75, 3.05) is 5.32 Å². The van der Waals surface area contributed by atoms with Gasteiger partial charge >= 0.3 is 0 Å². The highest BCUT2D eigenvalue weighted by atomic mass is 32.1. The van der Waals surface area contributed by atoms with Crippen LogP contribution in [0.2, 0.25) is 0 Å². The molecule has 2 N–H and O–H groups in total. The third-order valence-corrected chi connectivity index (χ3v) is 5.02. The Morgan fingerprint density at radius 3 is 2.68 bits per heavy atom. The van der Waals surface area contributed by atoms with Gasteiger partial charge in [-0.3, -0.25) is 14.6 Å². The second-order valence-corrected chi connectivity index (χ2v) is 7.26. The standard InChI is InChI=1S/C18H19N3O3S/c1-9(2)13-6-4-11(8-19-13)15(23)12-5-7-14-17(16(12)24)25-18(21-14)20-10(3)22/h4,6,8-9,23H,5,7H2,1-3H3,(H,20,21,22). The van der Waals surface area contributed by atoms with Crippen molar-refractivity contribution < 1.29 is 14.7 Å². The molecule has 1 amide bonds. The van der Waals surface area contributed by atoms with Crippen LogP contribution in [0.25, 0.3) is 5.76 Å². The van der Waals surface area contributed by atoms with Crippen LogP contribution in [0.5, 0.6) is 0 Å². The van der Waals surface area contributed by atoms with Crippen LogP contribution in [0.1, 0.15) is 59.7 Å². The van der Waals surface area contributed by atoms with Crippen LogP contribution in [-0.4, -0.2) is 26.8 Å². The second-order valence-electron chi connectivity index (χ2n) is 6.26. The number of nitrogens with zero attached hydrogens (tertiary/aromatic N) is 2. The van der Waals surface area contributed by atoms with Gasteiger partial charge in [0, 0.05) is 30.0 Å². The SMILES string of the molecule is CC(=O)Nc1nc2c(s1)C(=O)C(=C(O)c1ccc(C(C)C)nc1)CC2. The number of allylic oxidation sites excluding steroid dienone is 1. The molecule has 0 saturated heterocycles. The number of rotatable bonds is 3. The maximum absolute atomic E-state index is 12.7. The molecule has 25 heavy (non-hydrogen) atoms. The van der Waals surface area contributed by atoms with E-state index in [1.807, 2.05) is 19.9 Å². The monoisotopic (exact) mass is 357 g/mol. The molecular weight excluding hydrogens is 338 g/mol. The number of carbonyl (C=O) groups excluding carboxylic acids is 2. The van der Waals surface area contributed by atoms with Crippen LogP contribution < -0.4 is 5.32 Å². The quantitative estimate of drug-likeness (QED) is 0.645. The predicted molar refractivity (Wildman–Crippen MR) is 96.9 cm³/mol. The Morgan fingerprint density at radius 1 is 1.32 bits per heavy atom. The summed E-state index contributed by atoms with van der Waals surface area (Å²) in [4.78, 5) is 33.0. The summed E-state index contributed by atoms with van der Waals surface area (Å²) in [5.74, 6) is -0.200. The van der Waals surface area contributed by atoms with Gasteiger partial charge in [0.25, 0.3) is 0 Å². The summed E-state index contributed by atoms with van der Waals surface area (Å²) in [5, 5.41) is 13.6. The van der Waals surface area contributed by atoms with Crippen LogP contribution >= 0.6 is 11.3 Å². The Hall–Kier alpha value is -2.54. The number of anilines is 1. The van der Waals surface area contributed by atoms with Gasteiger partial charge < -0.3 is 10.4 Å². The Kier molecular flexibility index (Phi) is 4.67. The molecule has 0 aromatic carbocycles. The summed E-state index contributed by atoms with van der Waals surface area (Å²) in [5.41, 5.74) is 2.50. The molecule has 0 spiro atoms. The van der Waals surface area contributed by atoms with Crippen molar-refractivity contribution in [3.63, 3.8) is 0 Å². The predicted octanol–water partition coefficient (Wildman–Crippen LogP) is 3.72. The van der Waals surface area contributed by atoms with Crippen LogP contribution in [0.4, 0.5) is 5.13 Å². The van der Waals surface area contributed by atoms with Gasteiger partial charge in [-0.15, -0.1) is 0 Å². The van der Waals surface area contributed by atoms with Crippen molar-refractivity contribution in [2.24, 2.45) is 0 Å². The van der Waals surface area contributed by atoms with Gasteiger partial charge in [-0.25, -0.2) is 4.98 Å². The first-order chi connectivity index (χ1) is 11.9. The first-order valence-corrected chi connectivity index (χ1v) is 8.89. The number of nitrogens with one attached hydrogen (secondary N) is 1. The van der Waals surface area contributed by atoms with E-state index in [1.165, 1.54) is 6.92 Å². The fourth-order valence-electron chi connectivity index (χ4n) is 2.68. The summed E-state index contributed by atoms with van der Waals surface area (Å²) in [6.45, 7) is 5.49. The molecule has 0 bridgehead atoms. The Balaban J connectivity index is 1.92.